The lowest BCUT2D eigenvalue weighted by atomic mass is 9.83. The molecule has 0 radical (unpaired) electrons. The van der Waals surface area contributed by atoms with E-state index in [0.717, 1.165) is 0 Å². The Morgan fingerprint density at radius 1 is 1.40 bits per heavy atom. The number of rotatable bonds is 5. The van der Waals surface area contributed by atoms with E-state index in [1.54, 1.807) is 19.1 Å². The van der Waals surface area contributed by atoms with Gasteiger partial charge in [-0.05, 0) is 31.6 Å². The number of ether oxygens (including phenoxy) is 4. The second-order valence-corrected chi connectivity index (χ2v) is 7.87. The Bertz CT molecular complexity index is 851. The minimum Gasteiger partial charge on any atom is -0.462 e. The molecular weight excluding hydrogens is 392 g/mol. The standard InChI is InChI=1S/C22H26O8/c1-12(7-8-27-14(3)24)20(25)29-17-10-22(4)18(30-22)6-5-15(11-23)9-16-19(17)13(2)21(26)28-16/h5-7,9,16-19,23H,2,8,10-11H2,1,3-4H3. The zero-order valence-electron chi connectivity index (χ0n) is 17.3. The smallest absolute Gasteiger partial charge is 0.334 e. The van der Waals surface area contributed by atoms with Crippen LogP contribution < -0.4 is 0 Å². The van der Waals surface area contributed by atoms with Gasteiger partial charge in [-0.15, -0.1) is 0 Å². The van der Waals surface area contributed by atoms with E-state index in [-0.39, 0.29) is 30.5 Å². The Balaban J connectivity index is 1.87. The minimum atomic E-state index is -0.740. The maximum atomic E-state index is 12.7. The van der Waals surface area contributed by atoms with Crippen molar-refractivity contribution in [3.8, 4) is 0 Å². The highest BCUT2D eigenvalue weighted by Gasteiger charge is 2.56. The van der Waals surface area contributed by atoms with Crippen LogP contribution in [0.25, 0.3) is 0 Å². The van der Waals surface area contributed by atoms with Crippen molar-refractivity contribution in [1.82, 2.24) is 0 Å². The summed E-state index contributed by atoms with van der Waals surface area (Å²) in [4.78, 5) is 35.8. The second kappa shape index (κ2) is 8.57. The highest BCUT2D eigenvalue weighted by Crippen LogP contribution is 2.46. The van der Waals surface area contributed by atoms with E-state index in [2.05, 4.69) is 6.58 Å². The van der Waals surface area contributed by atoms with Crippen LogP contribution in [-0.2, 0) is 33.3 Å². The van der Waals surface area contributed by atoms with Crippen LogP contribution in [0.5, 0.6) is 0 Å². The Hall–Kier alpha value is -2.71. The van der Waals surface area contributed by atoms with Gasteiger partial charge in [-0.1, -0.05) is 18.7 Å². The molecule has 0 aromatic heterocycles. The number of hydrogen-bond donors (Lipinski definition) is 1. The summed E-state index contributed by atoms with van der Waals surface area (Å²) in [7, 11) is 0. The summed E-state index contributed by atoms with van der Waals surface area (Å²) in [6, 6.07) is 0. The van der Waals surface area contributed by atoms with Crippen molar-refractivity contribution in [3.05, 3.63) is 47.6 Å². The van der Waals surface area contributed by atoms with E-state index < -0.39 is 41.6 Å². The minimum absolute atomic E-state index is 0.0441. The average Bonchev–Trinajstić information content (AvgIpc) is 3.23. The van der Waals surface area contributed by atoms with Crippen molar-refractivity contribution in [2.75, 3.05) is 13.2 Å². The van der Waals surface area contributed by atoms with Crippen LogP contribution in [0.4, 0.5) is 0 Å². The lowest BCUT2D eigenvalue weighted by Gasteiger charge is -2.28. The molecule has 8 heteroatoms. The predicted molar refractivity (Wildman–Crippen MR) is 105 cm³/mol. The van der Waals surface area contributed by atoms with Crippen molar-refractivity contribution < 1.29 is 38.4 Å². The van der Waals surface area contributed by atoms with Gasteiger partial charge >= 0.3 is 17.9 Å². The largest absolute Gasteiger partial charge is 0.462 e. The first kappa shape index (κ1) is 22.0. The summed E-state index contributed by atoms with van der Waals surface area (Å²) >= 11 is 0. The van der Waals surface area contributed by atoms with Crippen molar-refractivity contribution in [1.29, 1.82) is 0 Å². The third-order valence-corrected chi connectivity index (χ3v) is 5.51. The van der Waals surface area contributed by atoms with Gasteiger partial charge in [0.1, 0.15) is 24.9 Å². The monoisotopic (exact) mass is 418 g/mol. The number of aliphatic hydroxyl groups is 1. The number of fused-ring (bicyclic) bond motifs is 2. The fourth-order valence-electron chi connectivity index (χ4n) is 3.67. The van der Waals surface area contributed by atoms with Crippen molar-refractivity contribution in [2.45, 2.75) is 51.1 Å². The molecule has 3 aliphatic rings. The van der Waals surface area contributed by atoms with Gasteiger partial charge in [0.2, 0.25) is 0 Å². The topological polar surface area (TPSA) is 112 Å². The van der Waals surface area contributed by atoms with E-state index in [9.17, 15) is 19.5 Å². The van der Waals surface area contributed by atoms with Crippen LogP contribution in [0.2, 0.25) is 0 Å². The van der Waals surface area contributed by atoms with Gasteiger partial charge in [0.15, 0.2) is 0 Å². The molecule has 5 unspecified atom stereocenters. The van der Waals surface area contributed by atoms with E-state index in [1.807, 2.05) is 13.0 Å². The van der Waals surface area contributed by atoms with E-state index in [4.69, 9.17) is 18.9 Å². The molecule has 8 nitrogen and oxygen atoms in total. The lowest BCUT2D eigenvalue weighted by Crippen LogP contribution is -2.37. The van der Waals surface area contributed by atoms with Gasteiger partial charge in [-0.2, -0.15) is 0 Å². The number of hydrogen-bond acceptors (Lipinski definition) is 8. The summed E-state index contributed by atoms with van der Waals surface area (Å²) in [5.74, 6) is -2.23. The molecule has 0 spiro atoms. The normalized spacial score (nSPS) is 33.1. The van der Waals surface area contributed by atoms with E-state index in [0.29, 0.717) is 12.0 Å². The number of epoxide rings is 1. The summed E-state index contributed by atoms with van der Waals surface area (Å²) in [5.41, 5.74) is 0.462. The van der Waals surface area contributed by atoms with Gasteiger partial charge in [-0.3, -0.25) is 4.79 Å². The van der Waals surface area contributed by atoms with Crippen molar-refractivity contribution >= 4 is 17.9 Å². The van der Waals surface area contributed by atoms with Crippen LogP contribution in [0, 0.1) is 5.92 Å². The summed E-state index contributed by atoms with van der Waals surface area (Å²) in [5, 5.41) is 9.64. The summed E-state index contributed by atoms with van der Waals surface area (Å²) in [6.45, 7) is 8.28. The highest BCUT2D eigenvalue weighted by molar-refractivity contribution is 5.92. The number of esters is 3. The maximum absolute atomic E-state index is 12.7. The Kier molecular flexibility index (Phi) is 6.28. The predicted octanol–water partition coefficient (Wildman–Crippen LogP) is 1.54. The molecule has 2 fully saturated rings. The molecule has 2 heterocycles. The quantitative estimate of drug-likeness (QED) is 0.310. The molecule has 0 amide bonds. The molecule has 30 heavy (non-hydrogen) atoms. The number of aliphatic hydroxyl groups excluding tert-OH is 1. The van der Waals surface area contributed by atoms with Crippen LogP contribution in [0.1, 0.15) is 27.2 Å². The van der Waals surface area contributed by atoms with Crippen LogP contribution >= 0.6 is 0 Å². The van der Waals surface area contributed by atoms with E-state index >= 15 is 0 Å². The second-order valence-electron chi connectivity index (χ2n) is 7.87. The first-order valence-corrected chi connectivity index (χ1v) is 9.73. The van der Waals surface area contributed by atoms with Crippen LogP contribution in [-0.4, -0.2) is 60.1 Å². The molecule has 0 aromatic carbocycles. The Labute approximate surface area is 174 Å². The number of carbonyl (C=O) groups is 3. The van der Waals surface area contributed by atoms with Crippen molar-refractivity contribution in [2.24, 2.45) is 5.92 Å². The van der Waals surface area contributed by atoms with Gasteiger partial charge in [0.05, 0.1) is 18.1 Å². The highest BCUT2D eigenvalue weighted by atomic mass is 16.6. The molecule has 1 aliphatic carbocycles. The molecule has 0 bridgehead atoms. The first-order valence-electron chi connectivity index (χ1n) is 9.73. The molecular formula is C22H26O8. The Morgan fingerprint density at radius 2 is 2.13 bits per heavy atom. The third kappa shape index (κ3) is 4.71. The SMILES string of the molecule is C=C1C(=O)OC2C=C(CO)C=CC3OC3(C)CC(OC(=O)C(C)=CCOC(C)=O)C12. The van der Waals surface area contributed by atoms with Gasteiger partial charge < -0.3 is 24.1 Å². The molecule has 2 aliphatic heterocycles. The zero-order valence-corrected chi connectivity index (χ0v) is 17.3. The first-order chi connectivity index (χ1) is 14.1. The van der Waals surface area contributed by atoms with Crippen molar-refractivity contribution in [3.63, 3.8) is 0 Å². The Morgan fingerprint density at radius 3 is 2.80 bits per heavy atom. The molecule has 2 saturated heterocycles. The molecule has 1 N–H and O–H groups in total. The van der Waals surface area contributed by atoms with Crippen LogP contribution in [0.3, 0.4) is 0 Å². The maximum Gasteiger partial charge on any atom is 0.334 e. The summed E-state index contributed by atoms with van der Waals surface area (Å²) < 4.78 is 21.8. The van der Waals surface area contributed by atoms with Gasteiger partial charge in [-0.25, -0.2) is 9.59 Å². The fourth-order valence-corrected chi connectivity index (χ4v) is 3.67. The molecule has 0 saturated carbocycles. The van der Waals surface area contributed by atoms with Gasteiger partial charge in [0.25, 0.3) is 0 Å². The van der Waals surface area contributed by atoms with E-state index in [1.165, 1.54) is 13.0 Å². The molecule has 5 atom stereocenters. The molecule has 3 rings (SSSR count). The average molecular weight is 418 g/mol. The zero-order chi connectivity index (χ0) is 22.1. The molecule has 162 valence electrons. The fraction of sp³-hybridized carbons (Fsp3) is 0.500. The third-order valence-electron chi connectivity index (χ3n) is 5.51. The van der Waals surface area contributed by atoms with Gasteiger partial charge in [0, 0.05) is 24.5 Å². The number of carbonyl (C=O) groups excluding carboxylic acids is 3. The summed E-state index contributed by atoms with van der Waals surface area (Å²) in [6.07, 6.45) is 5.35. The van der Waals surface area contributed by atoms with Crippen LogP contribution in [0.15, 0.2) is 47.6 Å². The molecule has 0 aromatic rings. The lowest BCUT2D eigenvalue weighted by molar-refractivity contribution is -0.148.